The number of carboxylic acid groups (broad SMARTS) is 1. The quantitative estimate of drug-likeness (QED) is 0.303. The molecule has 3 heteroatoms. The summed E-state index contributed by atoms with van der Waals surface area (Å²) in [6.07, 6.45) is 19.2. The van der Waals surface area contributed by atoms with Gasteiger partial charge in [0.25, 0.3) is 0 Å². The van der Waals surface area contributed by atoms with Gasteiger partial charge in [-0.1, -0.05) is 104 Å². The first-order chi connectivity index (χ1) is 10.7. The monoisotopic (exact) mass is 334 g/mol. The minimum atomic E-state index is -0.823. The van der Waals surface area contributed by atoms with Gasteiger partial charge < -0.3 is 9.90 Å². The van der Waals surface area contributed by atoms with E-state index >= 15 is 0 Å². The topological polar surface area (TPSA) is 40.1 Å². The molecule has 0 saturated carbocycles. The number of rotatable bonds is 17. The van der Waals surface area contributed by atoms with E-state index in [4.69, 9.17) is 0 Å². The summed E-state index contributed by atoms with van der Waals surface area (Å²) in [6.45, 7) is 4.46. The van der Waals surface area contributed by atoms with Gasteiger partial charge in [-0.3, -0.25) is 0 Å². The molecule has 0 aliphatic rings. The molecule has 0 bridgehead atoms. The van der Waals surface area contributed by atoms with Gasteiger partial charge in [0.1, 0.15) is 0 Å². The Hall–Kier alpha value is 0.470. The first kappa shape index (κ1) is 25.7. The van der Waals surface area contributed by atoms with Crippen LogP contribution in [-0.4, -0.2) is 5.97 Å². The van der Waals surface area contributed by atoms with Crippen molar-refractivity contribution in [3.63, 3.8) is 0 Å². The van der Waals surface area contributed by atoms with Gasteiger partial charge in [-0.25, -0.2) is 0 Å². The summed E-state index contributed by atoms with van der Waals surface area (Å²) >= 11 is 0. The molecule has 0 aromatic heterocycles. The minimum Gasteiger partial charge on any atom is -0.550 e. The normalized spacial score (nSPS) is 11.9. The van der Waals surface area contributed by atoms with E-state index in [1.54, 1.807) is 0 Å². The SMILES string of the molecule is CCCCCCCCCCC(CCCCCCCC)C(=O)[O-].[Na+]. The molecule has 1 atom stereocenters. The maximum atomic E-state index is 11.2. The van der Waals surface area contributed by atoms with Crippen LogP contribution in [-0.2, 0) is 4.79 Å². The van der Waals surface area contributed by atoms with Crippen LogP contribution in [0.1, 0.15) is 117 Å². The number of hydrogen-bond acceptors (Lipinski definition) is 2. The Balaban J connectivity index is 0. The van der Waals surface area contributed by atoms with Gasteiger partial charge in [-0.15, -0.1) is 0 Å². The molecule has 0 amide bonds. The molecule has 0 saturated heterocycles. The van der Waals surface area contributed by atoms with Crippen LogP contribution in [0, 0.1) is 5.92 Å². The average Bonchev–Trinajstić information content (AvgIpc) is 2.50. The molecule has 0 fully saturated rings. The Labute approximate surface area is 167 Å². The van der Waals surface area contributed by atoms with Gasteiger partial charge in [-0.05, 0) is 18.8 Å². The molecule has 0 aromatic carbocycles. The molecule has 0 N–H and O–H groups in total. The molecule has 23 heavy (non-hydrogen) atoms. The zero-order chi connectivity index (χ0) is 16.5. The van der Waals surface area contributed by atoms with Crippen LogP contribution < -0.4 is 34.7 Å². The summed E-state index contributed by atoms with van der Waals surface area (Å²) in [7, 11) is 0. The molecular weight excluding hydrogens is 295 g/mol. The number of carbonyl (C=O) groups excluding carboxylic acids is 1. The summed E-state index contributed by atoms with van der Waals surface area (Å²) in [4.78, 5) is 11.2. The van der Waals surface area contributed by atoms with E-state index in [1.165, 1.54) is 77.0 Å². The molecule has 0 radical (unpaired) electrons. The average molecular weight is 335 g/mol. The van der Waals surface area contributed by atoms with Crippen LogP contribution in [0.25, 0.3) is 0 Å². The van der Waals surface area contributed by atoms with E-state index in [-0.39, 0.29) is 35.5 Å². The van der Waals surface area contributed by atoms with Gasteiger partial charge in [0, 0.05) is 5.97 Å². The van der Waals surface area contributed by atoms with Gasteiger partial charge in [0.05, 0.1) is 0 Å². The van der Waals surface area contributed by atoms with E-state index in [2.05, 4.69) is 13.8 Å². The van der Waals surface area contributed by atoms with E-state index < -0.39 is 5.97 Å². The van der Waals surface area contributed by atoms with Crippen LogP contribution in [0.15, 0.2) is 0 Å². The van der Waals surface area contributed by atoms with Crippen LogP contribution in [0.2, 0.25) is 0 Å². The van der Waals surface area contributed by atoms with Crippen molar-refractivity contribution >= 4 is 5.97 Å². The van der Waals surface area contributed by atoms with Gasteiger partial charge in [0.15, 0.2) is 0 Å². The Morgan fingerprint density at radius 2 is 0.957 bits per heavy atom. The second-order valence-corrected chi connectivity index (χ2v) is 6.84. The third-order valence-corrected chi connectivity index (χ3v) is 4.65. The zero-order valence-corrected chi connectivity index (χ0v) is 18.2. The molecule has 0 aromatic rings. The van der Waals surface area contributed by atoms with Crippen molar-refractivity contribution in [3.05, 3.63) is 0 Å². The van der Waals surface area contributed by atoms with Gasteiger partial charge >= 0.3 is 29.6 Å². The van der Waals surface area contributed by atoms with Crippen molar-refractivity contribution in [2.24, 2.45) is 5.92 Å². The molecule has 0 aliphatic carbocycles. The number of carbonyl (C=O) groups is 1. The Bertz CT molecular complexity index is 244. The molecule has 2 nitrogen and oxygen atoms in total. The predicted octanol–water partition coefficient (Wildman–Crippen LogP) is 2.64. The van der Waals surface area contributed by atoms with Crippen molar-refractivity contribution in [2.45, 2.75) is 117 Å². The number of carboxylic acids is 1. The van der Waals surface area contributed by atoms with Crippen LogP contribution in [0.3, 0.4) is 0 Å². The molecule has 132 valence electrons. The third kappa shape index (κ3) is 18.6. The summed E-state index contributed by atoms with van der Waals surface area (Å²) in [5.41, 5.74) is 0. The van der Waals surface area contributed by atoms with Crippen LogP contribution in [0.4, 0.5) is 0 Å². The predicted molar refractivity (Wildman–Crippen MR) is 93.7 cm³/mol. The van der Waals surface area contributed by atoms with Crippen molar-refractivity contribution < 1.29 is 39.5 Å². The maximum absolute atomic E-state index is 11.2. The van der Waals surface area contributed by atoms with Crippen molar-refractivity contribution in [2.75, 3.05) is 0 Å². The molecule has 0 spiro atoms. The van der Waals surface area contributed by atoms with Crippen LogP contribution in [0.5, 0.6) is 0 Å². The number of aliphatic carboxylic acids is 1. The van der Waals surface area contributed by atoms with E-state index in [9.17, 15) is 9.90 Å². The smallest absolute Gasteiger partial charge is 0.550 e. The first-order valence-corrected chi connectivity index (χ1v) is 9.93. The minimum absolute atomic E-state index is 0. The second-order valence-electron chi connectivity index (χ2n) is 6.84. The fraction of sp³-hybridized carbons (Fsp3) is 0.950. The molecular formula is C20H39NaO2. The number of unbranched alkanes of at least 4 members (excludes halogenated alkanes) is 12. The summed E-state index contributed by atoms with van der Waals surface area (Å²) < 4.78 is 0. The molecule has 1 unspecified atom stereocenters. The van der Waals surface area contributed by atoms with Gasteiger partial charge in [-0.2, -0.15) is 0 Å². The van der Waals surface area contributed by atoms with Gasteiger partial charge in [0.2, 0.25) is 0 Å². The number of hydrogen-bond donors (Lipinski definition) is 0. The summed E-state index contributed by atoms with van der Waals surface area (Å²) in [5, 5.41) is 11.2. The fourth-order valence-electron chi connectivity index (χ4n) is 3.08. The summed E-state index contributed by atoms with van der Waals surface area (Å²) in [5.74, 6) is -1.03. The van der Waals surface area contributed by atoms with Crippen molar-refractivity contribution in [1.29, 1.82) is 0 Å². The molecule has 0 aliphatic heterocycles. The first-order valence-electron chi connectivity index (χ1n) is 9.93. The Kier molecular flexibility index (Phi) is 22.9. The van der Waals surface area contributed by atoms with E-state index in [1.807, 2.05) is 0 Å². The third-order valence-electron chi connectivity index (χ3n) is 4.65. The Morgan fingerprint density at radius 3 is 1.26 bits per heavy atom. The van der Waals surface area contributed by atoms with E-state index in [0.29, 0.717) is 0 Å². The molecule has 0 heterocycles. The van der Waals surface area contributed by atoms with Crippen molar-refractivity contribution in [1.82, 2.24) is 0 Å². The standard InChI is InChI=1S/C20H40O2.Na/c1-3-5-7-9-11-12-14-16-18-19(20(21)22)17-15-13-10-8-6-4-2;/h19H,3-18H2,1-2H3,(H,21,22);/q;+1/p-1. The zero-order valence-electron chi connectivity index (χ0n) is 16.2. The summed E-state index contributed by atoms with van der Waals surface area (Å²) in [6, 6.07) is 0. The van der Waals surface area contributed by atoms with E-state index in [0.717, 1.165) is 25.7 Å². The fourth-order valence-corrected chi connectivity index (χ4v) is 3.08. The maximum Gasteiger partial charge on any atom is 1.00 e. The Morgan fingerprint density at radius 1 is 0.652 bits per heavy atom. The van der Waals surface area contributed by atoms with Crippen molar-refractivity contribution in [3.8, 4) is 0 Å². The largest absolute Gasteiger partial charge is 1.00 e. The second kappa shape index (κ2) is 20.5. The molecule has 0 rings (SSSR count). The van der Waals surface area contributed by atoms with Crippen LogP contribution >= 0.6 is 0 Å².